The van der Waals surface area contributed by atoms with Crippen LogP contribution in [0.25, 0.3) is 0 Å². The highest BCUT2D eigenvalue weighted by atomic mass is 35.5. The van der Waals surface area contributed by atoms with E-state index in [1.165, 1.54) is 30.5 Å². The van der Waals surface area contributed by atoms with E-state index in [1.807, 2.05) is 0 Å². The Morgan fingerprint density at radius 3 is 2.27 bits per heavy atom. The monoisotopic (exact) mass is 337 g/mol. The molecule has 22 heavy (non-hydrogen) atoms. The van der Waals surface area contributed by atoms with Crippen molar-refractivity contribution in [3.63, 3.8) is 0 Å². The Labute approximate surface area is 135 Å². The Morgan fingerprint density at radius 1 is 1.14 bits per heavy atom. The van der Waals surface area contributed by atoms with Crippen LogP contribution in [0.5, 0.6) is 0 Å². The van der Waals surface area contributed by atoms with E-state index in [9.17, 15) is 14.9 Å². The van der Waals surface area contributed by atoms with Crippen molar-refractivity contribution in [1.29, 1.82) is 0 Å². The van der Waals surface area contributed by atoms with Crippen molar-refractivity contribution >= 4 is 41.0 Å². The highest BCUT2D eigenvalue weighted by molar-refractivity contribution is 6.38. The lowest BCUT2D eigenvalue weighted by Crippen LogP contribution is -2.17. The Kier molecular flexibility index (Phi) is 5.08. The van der Waals surface area contributed by atoms with Crippen molar-refractivity contribution < 1.29 is 9.72 Å². The molecule has 0 spiro atoms. The number of hydrazone groups is 1. The highest BCUT2D eigenvalue weighted by Crippen LogP contribution is 2.22. The topological polar surface area (TPSA) is 84.6 Å². The summed E-state index contributed by atoms with van der Waals surface area (Å²) >= 11 is 11.9. The highest BCUT2D eigenvalue weighted by Gasteiger charge is 2.08. The van der Waals surface area contributed by atoms with Gasteiger partial charge in [0.25, 0.3) is 11.6 Å². The van der Waals surface area contributed by atoms with Crippen molar-refractivity contribution in [2.24, 2.45) is 5.10 Å². The van der Waals surface area contributed by atoms with Gasteiger partial charge < -0.3 is 0 Å². The first-order chi connectivity index (χ1) is 10.5. The van der Waals surface area contributed by atoms with E-state index in [0.29, 0.717) is 15.6 Å². The van der Waals surface area contributed by atoms with Gasteiger partial charge in [-0.15, -0.1) is 0 Å². The van der Waals surface area contributed by atoms with Crippen molar-refractivity contribution in [2.75, 3.05) is 0 Å². The number of rotatable bonds is 4. The van der Waals surface area contributed by atoms with Gasteiger partial charge in [-0.1, -0.05) is 29.3 Å². The maximum absolute atomic E-state index is 11.8. The number of nitro benzene ring substituents is 1. The molecule has 2 rings (SSSR count). The number of carbonyl (C=O) groups is 1. The minimum absolute atomic E-state index is 0.0945. The molecule has 0 radical (unpaired) electrons. The fourth-order valence-corrected chi connectivity index (χ4v) is 2.08. The maximum Gasteiger partial charge on any atom is 0.271 e. The van der Waals surface area contributed by atoms with Gasteiger partial charge >= 0.3 is 0 Å². The molecule has 2 aromatic carbocycles. The van der Waals surface area contributed by atoms with Crippen LogP contribution in [0.3, 0.4) is 0 Å². The summed E-state index contributed by atoms with van der Waals surface area (Å²) in [6.07, 6.45) is 1.33. The number of amides is 1. The lowest BCUT2D eigenvalue weighted by molar-refractivity contribution is -0.384. The van der Waals surface area contributed by atoms with E-state index < -0.39 is 10.8 Å². The lowest BCUT2D eigenvalue weighted by Gasteiger charge is -2.01. The molecule has 0 heterocycles. The number of non-ortho nitro benzene ring substituents is 1. The molecule has 112 valence electrons. The van der Waals surface area contributed by atoms with E-state index >= 15 is 0 Å². The summed E-state index contributed by atoms with van der Waals surface area (Å²) in [4.78, 5) is 21.8. The van der Waals surface area contributed by atoms with E-state index in [4.69, 9.17) is 23.2 Å². The Hall–Kier alpha value is -2.44. The summed E-state index contributed by atoms with van der Waals surface area (Å²) in [5.41, 5.74) is 2.92. The number of carbonyl (C=O) groups excluding carboxylic acids is 1. The molecule has 6 nitrogen and oxygen atoms in total. The second-order valence-electron chi connectivity index (χ2n) is 4.14. The van der Waals surface area contributed by atoms with E-state index in [0.717, 1.165) is 0 Å². The molecule has 8 heteroatoms. The van der Waals surface area contributed by atoms with Gasteiger partial charge in [-0.2, -0.15) is 5.10 Å². The number of nitrogens with zero attached hydrogens (tertiary/aromatic N) is 2. The van der Waals surface area contributed by atoms with Crippen LogP contribution < -0.4 is 5.43 Å². The van der Waals surface area contributed by atoms with Crippen LogP contribution in [0.2, 0.25) is 10.0 Å². The summed E-state index contributed by atoms with van der Waals surface area (Å²) in [5, 5.41) is 15.1. The zero-order valence-electron chi connectivity index (χ0n) is 11.0. The molecule has 0 aromatic heterocycles. The van der Waals surface area contributed by atoms with Crippen LogP contribution in [-0.4, -0.2) is 17.0 Å². The summed E-state index contributed by atoms with van der Waals surface area (Å²) < 4.78 is 0. The van der Waals surface area contributed by atoms with Crippen molar-refractivity contribution in [3.05, 3.63) is 73.8 Å². The Balaban J connectivity index is 2.06. The number of benzene rings is 2. The SMILES string of the molecule is O=C(N/N=C/c1c(Cl)cccc1Cl)c1ccc([N+](=O)[O-])cc1. The normalized spacial score (nSPS) is 10.6. The van der Waals surface area contributed by atoms with Crippen molar-refractivity contribution in [1.82, 2.24) is 5.43 Å². The summed E-state index contributed by atoms with van der Waals surface area (Å²) in [5.74, 6) is -0.505. The second kappa shape index (κ2) is 7.02. The van der Waals surface area contributed by atoms with Crippen LogP contribution in [0.15, 0.2) is 47.6 Å². The number of nitro groups is 1. The quantitative estimate of drug-likeness (QED) is 0.524. The molecule has 0 fully saturated rings. The maximum atomic E-state index is 11.8. The average molecular weight is 338 g/mol. The van der Waals surface area contributed by atoms with Gasteiger partial charge in [0.2, 0.25) is 0 Å². The molecule has 0 bridgehead atoms. The molecule has 2 aromatic rings. The smallest absolute Gasteiger partial charge is 0.267 e. The molecule has 1 amide bonds. The summed E-state index contributed by atoms with van der Waals surface area (Å²) in [7, 11) is 0. The third-order valence-corrected chi connectivity index (χ3v) is 3.36. The van der Waals surface area contributed by atoms with E-state index in [1.54, 1.807) is 18.2 Å². The summed E-state index contributed by atoms with van der Waals surface area (Å²) in [6.45, 7) is 0. The van der Waals surface area contributed by atoms with Gasteiger partial charge in [-0.05, 0) is 24.3 Å². The zero-order valence-corrected chi connectivity index (χ0v) is 12.5. The van der Waals surface area contributed by atoms with Crippen molar-refractivity contribution in [2.45, 2.75) is 0 Å². The number of hydrogen-bond donors (Lipinski definition) is 1. The van der Waals surface area contributed by atoms with Crippen LogP contribution >= 0.6 is 23.2 Å². The van der Waals surface area contributed by atoms with Crippen LogP contribution in [0.1, 0.15) is 15.9 Å². The molecular weight excluding hydrogens is 329 g/mol. The van der Waals surface area contributed by atoms with Crippen molar-refractivity contribution in [3.8, 4) is 0 Å². The molecule has 0 saturated heterocycles. The molecule has 0 aliphatic carbocycles. The molecule has 0 saturated carbocycles. The van der Waals surface area contributed by atoms with Gasteiger partial charge in [-0.3, -0.25) is 14.9 Å². The fourth-order valence-electron chi connectivity index (χ4n) is 1.59. The second-order valence-corrected chi connectivity index (χ2v) is 4.95. The first-order valence-corrected chi connectivity index (χ1v) is 6.76. The molecule has 0 unspecified atom stereocenters. The first-order valence-electron chi connectivity index (χ1n) is 6.01. The van der Waals surface area contributed by atoms with Gasteiger partial charge in [-0.25, -0.2) is 5.43 Å². The minimum Gasteiger partial charge on any atom is -0.267 e. The lowest BCUT2D eigenvalue weighted by atomic mass is 10.2. The van der Waals surface area contributed by atoms with Gasteiger partial charge in [0.15, 0.2) is 0 Å². The molecule has 0 aliphatic rings. The zero-order chi connectivity index (χ0) is 16.1. The van der Waals surface area contributed by atoms with E-state index in [2.05, 4.69) is 10.5 Å². The molecular formula is C14H9Cl2N3O3. The standard InChI is InChI=1S/C14H9Cl2N3O3/c15-12-2-1-3-13(16)11(12)8-17-18-14(20)9-4-6-10(7-5-9)19(21)22/h1-8H,(H,18,20)/b17-8+. The van der Waals surface area contributed by atoms with Gasteiger partial charge in [0.05, 0.1) is 21.2 Å². The van der Waals surface area contributed by atoms with E-state index in [-0.39, 0.29) is 11.3 Å². The predicted molar refractivity (Wildman–Crippen MR) is 84.6 cm³/mol. The Bertz CT molecular complexity index is 725. The largest absolute Gasteiger partial charge is 0.271 e. The van der Waals surface area contributed by atoms with Gasteiger partial charge in [0, 0.05) is 23.3 Å². The number of nitrogens with one attached hydrogen (secondary N) is 1. The number of hydrogen-bond acceptors (Lipinski definition) is 4. The van der Waals surface area contributed by atoms with Crippen LogP contribution in [-0.2, 0) is 0 Å². The van der Waals surface area contributed by atoms with Crippen LogP contribution in [0, 0.1) is 10.1 Å². The average Bonchev–Trinajstić information content (AvgIpc) is 2.50. The first kappa shape index (κ1) is 15.9. The molecule has 0 atom stereocenters. The fraction of sp³-hybridized carbons (Fsp3) is 0. The Morgan fingerprint density at radius 2 is 1.73 bits per heavy atom. The predicted octanol–water partition coefficient (Wildman–Crippen LogP) is 3.67. The third-order valence-electron chi connectivity index (χ3n) is 2.70. The number of halogens is 2. The minimum atomic E-state index is -0.542. The molecule has 0 aliphatic heterocycles. The van der Waals surface area contributed by atoms with Crippen LogP contribution in [0.4, 0.5) is 5.69 Å². The van der Waals surface area contributed by atoms with Gasteiger partial charge in [0.1, 0.15) is 0 Å². The third kappa shape index (κ3) is 3.81. The summed E-state index contributed by atoms with van der Waals surface area (Å²) in [6, 6.07) is 10.1. The molecule has 1 N–H and O–H groups in total.